The molecule has 0 saturated carbocycles. The molecule has 3 aliphatic rings. The molecule has 0 N–H and O–H groups in total. The van der Waals surface area contributed by atoms with Crippen molar-refractivity contribution < 1.29 is 23.8 Å². The highest BCUT2D eigenvalue weighted by molar-refractivity contribution is 5.94. The SMILES string of the molecule is COc1cncc(C(=O)N2CCC3(CC2)CC(CN2CCOCC2)OC3=O)c1. The van der Waals surface area contributed by atoms with Crippen molar-refractivity contribution in [3.8, 4) is 5.75 Å². The summed E-state index contributed by atoms with van der Waals surface area (Å²) in [5.74, 6) is 0.392. The Balaban J connectivity index is 1.35. The molecule has 8 heteroatoms. The van der Waals surface area contributed by atoms with Gasteiger partial charge in [0.25, 0.3) is 5.91 Å². The molecular weight excluding hydrogens is 362 g/mol. The maximum Gasteiger partial charge on any atom is 0.312 e. The van der Waals surface area contributed by atoms with Gasteiger partial charge >= 0.3 is 5.97 Å². The van der Waals surface area contributed by atoms with E-state index in [0.29, 0.717) is 37.2 Å². The van der Waals surface area contributed by atoms with Gasteiger partial charge in [-0.05, 0) is 18.9 Å². The van der Waals surface area contributed by atoms with Gasteiger partial charge in [0.05, 0.1) is 37.5 Å². The van der Waals surface area contributed by atoms with Crippen LogP contribution < -0.4 is 4.74 Å². The summed E-state index contributed by atoms with van der Waals surface area (Å²) in [6.45, 7) is 5.12. The van der Waals surface area contributed by atoms with Crippen LogP contribution in [0.3, 0.4) is 0 Å². The number of cyclic esters (lactones) is 1. The smallest absolute Gasteiger partial charge is 0.312 e. The quantitative estimate of drug-likeness (QED) is 0.710. The van der Waals surface area contributed by atoms with Gasteiger partial charge in [-0.25, -0.2) is 0 Å². The average molecular weight is 389 g/mol. The number of ether oxygens (including phenoxy) is 3. The molecule has 28 heavy (non-hydrogen) atoms. The molecule has 1 atom stereocenters. The van der Waals surface area contributed by atoms with E-state index in [1.54, 1.807) is 30.5 Å². The molecular formula is C20H27N3O5. The third-order valence-corrected chi connectivity index (χ3v) is 6.09. The summed E-state index contributed by atoms with van der Waals surface area (Å²) in [4.78, 5) is 33.6. The van der Waals surface area contributed by atoms with Crippen molar-refractivity contribution in [2.24, 2.45) is 5.41 Å². The summed E-state index contributed by atoms with van der Waals surface area (Å²) in [7, 11) is 1.55. The lowest BCUT2D eigenvalue weighted by Gasteiger charge is -2.36. The van der Waals surface area contributed by atoms with E-state index in [9.17, 15) is 9.59 Å². The minimum atomic E-state index is -0.444. The number of nitrogens with zero attached hydrogens (tertiary/aromatic N) is 3. The molecule has 1 aromatic heterocycles. The Hall–Kier alpha value is -2.19. The third-order valence-electron chi connectivity index (χ3n) is 6.09. The Labute approximate surface area is 164 Å². The first-order valence-corrected chi connectivity index (χ1v) is 9.89. The summed E-state index contributed by atoms with van der Waals surface area (Å²) < 4.78 is 16.2. The van der Waals surface area contributed by atoms with Crippen LogP contribution >= 0.6 is 0 Å². The van der Waals surface area contributed by atoms with Gasteiger partial charge in [-0.1, -0.05) is 0 Å². The number of likely N-dealkylation sites (tertiary alicyclic amines) is 1. The van der Waals surface area contributed by atoms with Crippen molar-refractivity contribution in [3.05, 3.63) is 24.0 Å². The Morgan fingerprint density at radius 2 is 2.00 bits per heavy atom. The number of hydrogen-bond acceptors (Lipinski definition) is 7. The molecule has 0 aliphatic carbocycles. The number of rotatable bonds is 4. The number of esters is 1. The molecule has 8 nitrogen and oxygen atoms in total. The van der Waals surface area contributed by atoms with E-state index in [-0.39, 0.29) is 18.0 Å². The minimum absolute atomic E-state index is 0.0598. The monoisotopic (exact) mass is 389 g/mol. The van der Waals surface area contributed by atoms with Crippen molar-refractivity contribution in [1.82, 2.24) is 14.8 Å². The fourth-order valence-electron chi connectivity index (χ4n) is 4.39. The van der Waals surface area contributed by atoms with E-state index in [4.69, 9.17) is 14.2 Å². The molecule has 3 fully saturated rings. The van der Waals surface area contributed by atoms with Crippen LogP contribution in [0.1, 0.15) is 29.6 Å². The Morgan fingerprint density at radius 1 is 1.25 bits per heavy atom. The highest BCUT2D eigenvalue weighted by Gasteiger charge is 2.51. The van der Waals surface area contributed by atoms with Crippen LogP contribution in [0, 0.1) is 5.41 Å². The molecule has 4 rings (SSSR count). The first-order valence-electron chi connectivity index (χ1n) is 9.89. The fourth-order valence-corrected chi connectivity index (χ4v) is 4.39. The van der Waals surface area contributed by atoms with Crippen LogP contribution in [-0.4, -0.2) is 85.8 Å². The maximum absolute atomic E-state index is 12.8. The Kier molecular flexibility index (Phi) is 5.50. The molecule has 1 amide bonds. The normalized spacial score (nSPS) is 25.0. The largest absolute Gasteiger partial charge is 0.495 e. The van der Waals surface area contributed by atoms with Crippen LogP contribution in [0.25, 0.3) is 0 Å². The van der Waals surface area contributed by atoms with Gasteiger partial charge in [0.15, 0.2) is 0 Å². The predicted octanol–water partition coefficient (Wildman–Crippen LogP) is 0.960. The number of piperidine rings is 1. The fraction of sp³-hybridized carbons (Fsp3) is 0.650. The Bertz CT molecular complexity index is 726. The second-order valence-corrected chi connectivity index (χ2v) is 7.83. The van der Waals surface area contributed by atoms with Gasteiger partial charge < -0.3 is 19.1 Å². The first-order chi connectivity index (χ1) is 13.6. The zero-order chi connectivity index (χ0) is 19.6. The Morgan fingerprint density at radius 3 is 2.71 bits per heavy atom. The lowest BCUT2D eigenvalue weighted by Crippen LogP contribution is -2.45. The van der Waals surface area contributed by atoms with Crippen LogP contribution in [0.2, 0.25) is 0 Å². The lowest BCUT2D eigenvalue weighted by atomic mass is 9.76. The van der Waals surface area contributed by atoms with Gasteiger partial charge in [0.2, 0.25) is 0 Å². The summed E-state index contributed by atoms with van der Waals surface area (Å²) in [5.41, 5.74) is 0.0647. The van der Waals surface area contributed by atoms with E-state index >= 15 is 0 Å². The van der Waals surface area contributed by atoms with Crippen molar-refractivity contribution >= 4 is 11.9 Å². The summed E-state index contributed by atoms with van der Waals surface area (Å²) in [5, 5.41) is 0. The van der Waals surface area contributed by atoms with E-state index in [1.165, 1.54) is 0 Å². The van der Waals surface area contributed by atoms with Crippen LogP contribution in [0.15, 0.2) is 18.5 Å². The number of pyridine rings is 1. The summed E-state index contributed by atoms with van der Waals surface area (Å²) in [6.07, 6.45) is 5.10. The van der Waals surface area contributed by atoms with Crippen molar-refractivity contribution in [2.45, 2.75) is 25.4 Å². The number of aromatic nitrogens is 1. The zero-order valence-electron chi connectivity index (χ0n) is 16.3. The van der Waals surface area contributed by atoms with E-state index in [1.807, 2.05) is 0 Å². The summed E-state index contributed by atoms with van der Waals surface area (Å²) in [6, 6.07) is 1.70. The number of amides is 1. The molecule has 152 valence electrons. The topological polar surface area (TPSA) is 81.2 Å². The molecule has 1 spiro atoms. The number of methoxy groups -OCH3 is 1. The minimum Gasteiger partial charge on any atom is -0.495 e. The highest BCUT2D eigenvalue weighted by Crippen LogP contribution is 2.43. The van der Waals surface area contributed by atoms with Crippen LogP contribution in [-0.2, 0) is 14.3 Å². The number of carbonyl (C=O) groups excluding carboxylic acids is 2. The average Bonchev–Trinajstić information content (AvgIpc) is 3.03. The predicted molar refractivity (Wildman–Crippen MR) is 100 cm³/mol. The number of hydrogen-bond donors (Lipinski definition) is 0. The second kappa shape index (κ2) is 8.05. The molecule has 4 heterocycles. The van der Waals surface area contributed by atoms with E-state index in [2.05, 4.69) is 9.88 Å². The van der Waals surface area contributed by atoms with Crippen molar-refractivity contribution in [1.29, 1.82) is 0 Å². The van der Waals surface area contributed by atoms with E-state index < -0.39 is 5.41 Å². The number of carbonyl (C=O) groups is 2. The standard InChI is InChI=1S/C20H27N3O5/c1-26-16-10-15(12-21-13-16)18(24)23-4-2-20(3-5-23)11-17(28-19(20)25)14-22-6-8-27-9-7-22/h10,12-13,17H,2-9,11,14H2,1H3. The zero-order valence-corrected chi connectivity index (χ0v) is 16.3. The van der Waals surface area contributed by atoms with Gasteiger partial charge in [-0.3, -0.25) is 19.5 Å². The van der Waals surface area contributed by atoms with Crippen molar-refractivity contribution in [3.63, 3.8) is 0 Å². The van der Waals surface area contributed by atoms with Gasteiger partial charge in [-0.2, -0.15) is 0 Å². The third kappa shape index (κ3) is 3.84. The molecule has 1 unspecified atom stereocenters. The molecule has 3 aliphatic heterocycles. The highest BCUT2D eigenvalue weighted by atomic mass is 16.6. The molecule has 0 radical (unpaired) electrons. The second-order valence-electron chi connectivity index (χ2n) is 7.83. The van der Waals surface area contributed by atoms with E-state index in [0.717, 1.165) is 39.3 Å². The maximum atomic E-state index is 12.8. The van der Waals surface area contributed by atoms with Crippen LogP contribution in [0.5, 0.6) is 5.75 Å². The first kappa shape index (κ1) is 19.1. The van der Waals surface area contributed by atoms with Crippen molar-refractivity contribution in [2.75, 3.05) is 53.0 Å². The molecule has 0 aromatic carbocycles. The van der Waals surface area contributed by atoms with Gasteiger partial charge in [0, 0.05) is 45.3 Å². The lowest BCUT2D eigenvalue weighted by molar-refractivity contribution is -0.151. The van der Waals surface area contributed by atoms with Gasteiger partial charge in [-0.15, -0.1) is 0 Å². The van der Waals surface area contributed by atoms with Crippen LogP contribution in [0.4, 0.5) is 0 Å². The summed E-state index contributed by atoms with van der Waals surface area (Å²) >= 11 is 0. The number of morpholine rings is 1. The van der Waals surface area contributed by atoms with Gasteiger partial charge in [0.1, 0.15) is 11.9 Å². The molecule has 3 saturated heterocycles. The molecule has 1 aromatic rings. The molecule has 0 bridgehead atoms.